The van der Waals surface area contributed by atoms with Gasteiger partial charge in [0, 0.05) is 13.0 Å². The van der Waals surface area contributed by atoms with Gasteiger partial charge in [-0.25, -0.2) is 0 Å². The highest BCUT2D eigenvalue weighted by Gasteiger charge is 2.53. The molecule has 3 aliphatic heterocycles. The van der Waals surface area contributed by atoms with Crippen LogP contribution in [0.4, 0.5) is 0 Å². The molecule has 10 heteroatoms. The molecule has 4 rings (SSSR count). The Hall–Kier alpha value is -1.08. The molecule has 1 aliphatic carbocycles. The summed E-state index contributed by atoms with van der Waals surface area (Å²) >= 11 is 0. The van der Waals surface area contributed by atoms with E-state index in [1.54, 1.807) is 21.0 Å². The van der Waals surface area contributed by atoms with Crippen LogP contribution in [-0.2, 0) is 33.2 Å². The van der Waals surface area contributed by atoms with Gasteiger partial charge in [0.25, 0.3) is 0 Å². The van der Waals surface area contributed by atoms with Gasteiger partial charge in [-0.2, -0.15) is 0 Å². The van der Waals surface area contributed by atoms with Gasteiger partial charge >= 0.3 is 0 Å². The average Bonchev–Trinajstić information content (AvgIpc) is 3.10. The molecule has 0 amide bonds. The van der Waals surface area contributed by atoms with Gasteiger partial charge < -0.3 is 48.5 Å². The Morgan fingerprint density at radius 1 is 1.19 bits per heavy atom. The van der Waals surface area contributed by atoms with Crippen LogP contribution in [0.1, 0.15) is 27.7 Å². The fraction of sp³-hybridized carbons (Fsp3) is 0.818. The van der Waals surface area contributed by atoms with E-state index in [4.69, 9.17) is 33.2 Å². The first-order chi connectivity index (χ1) is 15.0. The van der Waals surface area contributed by atoms with Crippen molar-refractivity contribution in [1.29, 1.82) is 0 Å². The van der Waals surface area contributed by atoms with E-state index in [9.17, 15) is 15.3 Å². The molecular formula is C22H34O10. The normalized spacial score (nSPS) is 43.2. The molecule has 3 N–H and O–H groups in total. The van der Waals surface area contributed by atoms with E-state index < -0.39 is 48.6 Å². The van der Waals surface area contributed by atoms with Crippen LogP contribution >= 0.6 is 0 Å². The van der Waals surface area contributed by atoms with Gasteiger partial charge in [0.2, 0.25) is 6.29 Å². The van der Waals surface area contributed by atoms with Gasteiger partial charge in [0.1, 0.15) is 24.4 Å². The van der Waals surface area contributed by atoms with Gasteiger partial charge in [-0.05, 0) is 39.3 Å². The van der Waals surface area contributed by atoms with Crippen molar-refractivity contribution >= 4 is 0 Å². The molecule has 4 aliphatic rings. The Labute approximate surface area is 187 Å². The third kappa shape index (κ3) is 4.61. The third-order valence-electron chi connectivity index (χ3n) is 6.43. The quantitative estimate of drug-likeness (QED) is 0.380. The Bertz CT molecular complexity index is 732. The first-order valence-electron chi connectivity index (χ1n) is 10.9. The van der Waals surface area contributed by atoms with E-state index in [2.05, 4.69) is 0 Å². The van der Waals surface area contributed by atoms with E-state index in [1.165, 1.54) is 6.26 Å². The second-order valence-electron chi connectivity index (χ2n) is 9.48. The summed E-state index contributed by atoms with van der Waals surface area (Å²) in [7, 11) is 1.56. The lowest BCUT2D eigenvalue weighted by atomic mass is 9.88. The number of methoxy groups -OCH3 is 1. The highest BCUT2D eigenvalue weighted by molar-refractivity contribution is 5.26. The number of rotatable bonds is 6. The highest BCUT2D eigenvalue weighted by Crippen LogP contribution is 2.43. The van der Waals surface area contributed by atoms with Crippen LogP contribution in [0.15, 0.2) is 24.0 Å². The lowest BCUT2D eigenvalue weighted by molar-refractivity contribution is -0.396. The smallest absolute Gasteiger partial charge is 0.209 e. The van der Waals surface area contributed by atoms with Crippen molar-refractivity contribution in [2.45, 2.75) is 82.4 Å². The predicted molar refractivity (Wildman–Crippen MR) is 109 cm³/mol. The first kappa shape index (κ1) is 24.1. The minimum absolute atomic E-state index is 0.175. The van der Waals surface area contributed by atoms with E-state index in [0.29, 0.717) is 5.57 Å². The van der Waals surface area contributed by atoms with Crippen LogP contribution in [-0.4, -0.2) is 90.3 Å². The van der Waals surface area contributed by atoms with E-state index in [1.807, 2.05) is 26.0 Å². The molecule has 9 atom stereocenters. The maximum atomic E-state index is 10.7. The zero-order chi connectivity index (χ0) is 23.3. The predicted octanol–water partition coefficient (Wildman–Crippen LogP) is 0.404. The minimum atomic E-state index is -1.36. The Balaban J connectivity index is 1.48. The maximum Gasteiger partial charge on any atom is 0.209 e. The summed E-state index contributed by atoms with van der Waals surface area (Å²) in [4.78, 5) is 0. The molecule has 32 heavy (non-hydrogen) atoms. The van der Waals surface area contributed by atoms with Crippen molar-refractivity contribution in [1.82, 2.24) is 0 Å². The number of hydrogen-bond acceptors (Lipinski definition) is 10. The van der Waals surface area contributed by atoms with E-state index in [0.717, 1.165) is 0 Å². The number of ether oxygens (including phenoxy) is 7. The molecule has 0 aromatic carbocycles. The van der Waals surface area contributed by atoms with Gasteiger partial charge in [0.15, 0.2) is 17.9 Å². The summed E-state index contributed by atoms with van der Waals surface area (Å²) in [6, 6.07) is 0. The van der Waals surface area contributed by atoms with Crippen molar-refractivity contribution in [2.75, 3.05) is 20.3 Å². The van der Waals surface area contributed by atoms with E-state index >= 15 is 0 Å². The molecule has 2 saturated heterocycles. The van der Waals surface area contributed by atoms with Crippen LogP contribution in [0.25, 0.3) is 0 Å². The van der Waals surface area contributed by atoms with Gasteiger partial charge in [-0.15, -0.1) is 0 Å². The summed E-state index contributed by atoms with van der Waals surface area (Å²) in [6.07, 6.45) is -1.14. The fourth-order valence-electron chi connectivity index (χ4n) is 4.61. The second kappa shape index (κ2) is 8.94. The Morgan fingerprint density at radius 3 is 2.62 bits per heavy atom. The molecule has 3 heterocycles. The lowest BCUT2D eigenvalue weighted by Crippen LogP contribution is -2.65. The first-order valence-corrected chi connectivity index (χ1v) is 10.9. The summed E-state index contributed by atoms with van der Waals surface area (Å²) in [6.45, 7) is 7.07. The SMILES string of the molecule is COC(C)(C)O[C@@H]1C=C(CO)[C@H]2[C@H](O[C@@H]3O[C@@H]4COC(C)(C)O[C@H]4[C@H](O)[C@H]3O)OC=C[C@H]21. The molecule has 0 unspecified atom stereocenters. The van der Waals surface area contributed by atoms with Crippen molar-refractivity contribution in [3.63, 3.8) is 0 Å². The minimum Gasteiger partial charge on any atom is -0.472 e. The molecule has 10 nitrogen and oxygen atoms in total. The monoisotopic (exact) mass is 458 g/mol. The van der Waals surface area contributed by atoms with Gasteiger partial charge in [-0.3, -0.25) is 0 Å². The zero-order valence-electron chi connectivity index (χ0n) is 19.0. The maximum absolute atomic E-state index is 10.7. The second-order valence-corrected chi connectivity index (χ2v) is 9.48. The largest absolute Gasteiger partial charge is 0.472 e. The molecule has 0 bridgehead atoms. The fourth-order valence-corrected chi connectivity index (χ4v) is 4.61. The molecule has 0 aromatic rings. The molecule has 182 valence electrons. The molecule has 0 radical (unpaired) electrons. The van der Waals surface area contributed by atoms with Crippen LogP contribution in [0.3, 0.4) is 0 Å². The standard InChI is InChI=1S/C22H34O10/c1-21(2,26-5)31-13-8-11(9-23)15-12(13)6-7-27-19(15)30-20-17(25)16(24)18-14(29-20)10-28-22(3,4)32-18/h6-8,12-20,23-25H,9-10H2,1-5H3/t12-,13+,14+,15+,16+,17+,18+,19-,20-/m0/s1. The number of aliphatic hydroxyl groups is 3. The van der Waals surface area contributed by atoms with Crippen LogP contribution in [0, 0.1) is 11.8 Å². The molecule has 0 spiro atoms. The molecular weight excluding hydrogens is 424 g/mol. The third-order valence-corrected chi connectivity index (χ3v) is 6.43. The van der Waals surface area contributed by atoms with Crippen molar-refractivity contribution in [3.05, 3.63) is 24.0 Å². The topological polar surface area (TPSA) is 125 Å². The van der Waals surface area contributed by atoms with Crippen LogP contribution < -0.4 is 0 Å². The summed E-state index contributed by atoms with van der Waals surface area (Å²) < 4.78 is 40.5. The van der Waals surface area contributed by atoms with Gasteiger partial charge in [0.05, 0.1) is 31.5 Å². The van der Waals surface area contributed by atoms with Crippen LogP contribution in [0.5, 0.6) is 0 Å². The Kier molecular flexibility index (Phi) is 6.72. The van der Waals surface area contributed by atoms with Crippen LogP contribution in [0.2, 0.25) is 0 Å². The zero-order valence-corrected chi connectivity index (χ0v) is 19.0. The van der Waals surface area contributed by atoms with E-state index in [-0.39, 0.29) is 31.2 Å². The molecule has 0 aromatic heterocycles. The van der Waals surface area contributed by atoms with Gasteiger partial charge in [-0.1, -0.05) is 6.08 Å². The average molecular weight is 459 g/mol. The Morgan fingerprint density at radius 2 is 1.94 bits per heavy atom. The highest BCUT2D eigenvalue weighted by atomic mass is 16.8. The number of aliphatic hydroxyl groups excluding tert-OH is 3. The van der Waals surface area contributed by atoms with Crippen molar-refractivity contribution in [3.8, 4) is 0 Å². The summed E-state index contributed by atoms with van der Waals surface area (Å²) in [5.41, 5.74) is 0.691. The van der Waals surface area contributed by atoms with Crippen molar-refractivity contribution < 1.29 is 48.5 Å². The summed E-state index contributed by atoms with van der Waals surface area (Å²) in [5, 5.41) is 31.3. The lowest BCUT2D eigenvalue weighted by Gasteiger charge is -2.49. The molecule has 0 saturated carbocycles. The van der Waals surface area contributed by atoms with Crippen molar-refractivity contribution in [2.24, 2.45) is 11.8 Å². The number of hydrogen-bond donors (Lipinski definition) is 3. The summed E-state index contributed by atoms with van der Waals surface area (Å²) in [5.74, 6) is -2.26. The molecule has 2 fully saturated rings. The number of fused-ring (bicyclic) bond motifs is 2.